The van der Waals surface area contributed by atoms with Crippen molar-refractivity contribution in [3.63, 3.8) is 0 Å². The summed E-state index contributed by atoms with van der Waals surface area (Å²) in [5.41, 5.74) is 2.42. The van der Waals surface area contributed by atoms with Gasteiger partial charge in [0.05, 0.1) is 0 Å². The van der Waals surface area contributed by atoms with Crippen LogP contribution in [0.25, 0.3) is 0 Å². The first kappa shape index (κ1) is 13.5. The molecular formula is C7H11Cl2NS. The second-order valence-corrected chi connectivity index (χ2v) is 2.52. The summed E-state index contributed by atoms with van der Waals surface area (Å²) in [6.07, 6.45) is 1.87. The molecule has 1 heterocycles. The molecular weight excluding hydrogens is 201 g/mol. The van der Waals surface area contributed by atoms with Crippen molar-refractivity contribution in [3.8, 4) is 0 Å². The Balaban J connectivity index is 0. The molecule has 0 aliphatic heterocycles. The van der Waals surface area contributed by atoms with E-state index in [1.807, 2.05) is 19.2 Å². The van der Waals surface area contributed by atoms with Crippen LogP contribution in [0.15, 0.2) is 12.3 Å². The molecule has 0 aromatic carbocycles. The molecule has 64 valence electrons. The fraction of sp³-hybridized carbons (Fsp3) is 0.286. The van der Waals surface area contributed by atoms with Gasteiger partial charge in [-0.1, -0.05) is 12.2 Å². The highest BCUT2D eigenvalue weighted by atomic mass is 35.5. The van der Waals surface area contributed by atoms with E-state index < -0.39 is 0 Å². The Kier molecular flexibility index (Phi) is 6.87. The molecule has 0 saturated carbocycles. The highest BCUT2D eigenvalue weighted by Gasteiger charge is 1.89. The number of nitrogens with one attached hydrogen (secondary N) is 1. The normalized spacial score (nSPS) is 7.82. The molecule has 0 amide bonds. The Hall–Kier alpha value is -0.0500. The lowest BCUT2D eigenvalue weighted by molar-refractivity contribution is 1.19. The van der Waals surface area contributed by atoms with E-state index >= 15 is 0 Å². The standard InChI is InChI=1S/C7H9NS.2ClH/c1-5-3-4-8-7(9)6(5)2;;/h3-4H,1-2H3,(H,8,9);2*1H. The maximum atomic E-state index is 4.99. The number of hydrogen-bond donors (Lipinski definition) is 1. The van der Waals surface area contributed by atoms with Gasteiger partial charge in [0, 0.05) is 6.20 Å². The van der Waals surface area contributed by atoms with Gasteiger partial charge in [0.25, 0.3) is 0 Å². The van der Waals surface area contributed by atoms with Crippen LogP contribution in [0.2, 0.25) is 0 Å². The number of halogens is 2. The Morgan fingerprint density at radius 3 is 2.18 bits per heavy atom. The van der Waals surface area contributed by atoms with Crippen LogP contribution in [0.5, 0.6) is 0 Å². The van der Waals surface area contributed by atoms with E-state index in [2.05, 4.69) is 11.9 Å². The topological polar surface area (TPSA) is 15.8 Å². The molecule has 0 aliphatic carbocycles. The minimum atomic E-state index is 0. The Bertz CT molecular complexity index is 269. The monoisotopic (exact) mass is 211 g/mol. The van der Waals surface area contributed by atoms with Gasteiger partial charge in [-0.05, 0) is 31.0 Å². The average Bonchev–Trinajstić information content (AvgIpc) is 1.83. The van der Waals surface area contributed by atoms with E-state index in [-0.39, 0.29) is 24.8 Å². The predicted octanol–water partition coefficient (Wildman–Crippen LogP) is 3.20. The average molecular weight is 212 g/mol. The molecule has 1 N–H and O–H groups in total. The molecule has 11 heavy (non-hydrogen) atoms. The van der Waals surface area contributed by atoms with Crippen molar-refractivity contribution in [3.05, 3.63) is 28.0 Å². The second kappa shape index (κ2) is 5.58. The molecule has 1 aromatic rings. The Morgan fingerprint density at radius 1 is 1.27 bits per heavy atom. The number of H-pyrrole nitrogens is 1. The van der Waals surface area contributed by atoms with Crippen LogP contribution < -0.4 is 0 Å². The number of aromatic amines is 1. The van der Waals surface area contributed by atoms with Crippen molar-refractivity contribution in [2.24, 2.45) is 0 Å². The molecule has 0 aliphatic rings. The number of aryl methyl sites for hydroxylation is 1. The zero-order valence-corrected chi connectivity index (χ0v) is 8.83. The van der Waals surface area contributed by atoms with Gasteiger partial charge in [-0.3, -0.25) is 0 Å². The summed E-state index contributed by atoms with van der Waals surface area (Å²) in [7, 11) is 0. The number of pyridine rings is 1. The third-order valence-electron chi connectivity index (χ3n) is 1.48. The van der Waals surface area contributed by atoms with Crippen molar-refractivity contribution < 1.29 is 0 Å². The van der Waals surface area contributed by atoms with Crippen molar-refractivity contribution in [1.82, 2.24) is 4.98 Å². The van der Waals surface area contributed by atoms with Crippen molar-refractivity contribution in [2.75, 3.05) is 0 Å². The third-order valence-corrected chi connectivity index (χ3v) is 1.90. The lowest BCUT2D eigenvalue weighted by Gasteiger charge is -1.95. The molecule has 0 bridgehead atoms. The lowest BCUT2D eigenvalue weighted by Crippen LogP contribution is -1.82. The van der Waals surface area contributed by atoms with Gasteiger partial charge < -0.3 is 4.98 Å². The summed E-state index contributed by atoms with van der Waals surface area (Å²) in [4.78, 5) is 2.96. The number of aromatic nitrogens is 1. The number of hydrogen-bond acceptors (Lipinski definition) is 1. The third kappa shape index (κ3) is 3.23. The Morgan fingerprint density at radius 2 is 1.82 bits per heavy atom. The van der Waals surface area contributed by atoms with Crippen molar-refractivity contribution in [1.29, 1.82) is 0 Å². The van der Waals surface area contributed by atoms with Crippen molar-refractivity contribution >= 4 is 37.0 Å². The van der Waals surface area contributed by atoms with E-state index in [9.17, 15) is 0 Å². The summed E-state index contributed by atoms with van der Waals surface area (Å²) in [5.74, 6) is 0. The van der Waals surface area contributed by atoms with E-state index in [0.717, 1.165) is 4.64 Å². The summed E-state index contributed by atoms with van der Waals surface area (Å²) in [6.45, 7) is 4.08. The van der Waals surface area contributed by atoms with Crippen molar-refractivity contribution in [2.45, 2.75) is 13.8 Å². The van der Waals surface area contributed by atoms with Gasteiger partial charge >= 0.3 is 0 Å². The summed E-state index contributed by atoms with van der Waals surface area (Å²) in [6, 6.07) is 2.02. The van der Waals surface area contributed by atoms with Crippen LogP contribution in [-0.4, -0.2) is 4.98 Å². The maximum absolute atomic E-state index is 4.99. The summed E-state index contributed by atoms with van der Waals surface area (Å²) in [5, 5.41) is 0. The van der Waals surface area contributed by atoms with E-state index in [1.165, 1.54) is 11.1 Å². The van der Waals surface area contributed by atoms with Gasteiger partial charge in [-0.15, -0.1) is 24.8 Å². The van der Waals surface area contributed by atoms with Crippen LogP contribution in [0.1, 0.15) is 11.1 Å². The highest BCUT2D eigenvalue weighted by Crippen LogP contribution is 2.03. The molecule has 1 nitrogen and oxygen atoms in total. The molecule has 4 heteroatoms. The summed E-state index contributed by atoms with van der Waals surface area (Å²) >= 11 is 4.99. The highest BCUT2D eigenvalue weighted by molar-refractivity contribution is 7.71. The van der Waals surface area contributed by atoms with Gasteiger partial charge in [0.1, 0.15) is 4.64 Å². The first-order valence-electron chi connectivity index (χ1n) is 2.86. The minimum absolute atomic E-state index is 0. The molecule has 0 fully saturated rings. The van der Waals surface area contributed by atoms with E-state index in [0.29, 0.717) is 0 Å². The largest absolute Gasteiger partial charge is 0.353 e. The zero-order chi connectivity index (χ0) is 6.85. The fourth-order valence-corrected chi connectivity index (χ4v) is 0.884. The molecule has 0 radical (unpaired) electrons. The fourth-order valence-electron chi connectivity index (χ4n) is 0.655. The van der Waals surface area contributed by atoms with Crippen LogP contribution in [0.3, 0.4) is 0 Å². The zero-order valence-electron chi connectivity index (χ0n) is 6.38. The van der Waals surface area contributed by atoms with Crippen LogP contribution in [0, 0.1) is 18.5 Å². The molecule has 0 atom stereocenters. The molecule has 0 unspecified atom stereocenters. The van der Waals surface area contributed by atoms with E-state index in [1.54, 1.807) is 0 Å². The molecule has 1 aromatic heterocycles. The summed E-state index contributed by atoms with van der Waals surface area (Å²) < 4.78 is 0.843. The Labute approximate surface area is 84.0 Å². The molecule has 0 saturated heterocycles. The maximum Gasteiger partial charge on any atom is 0.106 e. The SMILES string of the molecule is Cc1cc[nH]c(=S)c1C.Cl.Cl. The first-order chi connectivity index (χ1) is 4.22. The minimum Gasteiger partial charge on any atom is -0.353 e. The van der Waals surface area contributed by atoms with Gasteiger partial charge in [-0.25, -0.2) is 0 Å². The smallest absolute Gasteiger partial charge is 0.106 e. The van der Waals surface area contributed by atoms with Crippen LogP contribution >= 0.6 is 37.0 Å². The van der Waals surface area contributed by atoms with Gasteiger partial charge in [0.15, 0.2) is 0 Å². The van der Waals surface area contributed by atoms with Gasteiger partial charge in [-0.2, -0.15) is 0 Å². The van der Waals surface area contributed by atoms with Crippen LogP contribution in [0.4, 0.5) is 0 Å². The quantitative estimate of drug-likeness (QED) is 0.653. The first-order valence-corrected chi connectivity index (χ1v) is 3.27. The number of rotatable bonds is 0. The van der Waals surface area contributed by atoms with E-state index in [4.69, 9.17) is 12.2 Å². The lowest BCUT2D eigenvalue weighted by atomic mass is 10.2. The predicted molar refractivity (Wildman–Crippen MR) is 55.6 cm³/mol. The molecule has 1 rings (SSSR count). The second-order valence-electron chi connectivity index (χ2n) is 2.11. The molecule has 0 spiro atoms. The van der Waals surface area contributed by atoms with Gasteiger partial charge in [0.2, 0.25) is 0 Å². The van der Waals surface area contributed by atoms with Crippen LogP contribution in [-0.2, 0) is 0 Å².